The Morgan fingerprint density at radius 1 is 1.21 bits per heavy atom. The van der Waals surface area contributed by atoms with Gasteiger partial charge in [0.2, 0.25) is 0 Å². The predicted molar refractivity (Wildman–Crippen MR) is 78.2 cm³/mol. The molecule has 0 bridgehead atoms. The predicted octanol–water partition coefficient (Wildman–Crippen LogP) is 2.29. The van der Waals surface area contributed by atoms with Crippen molar-refractivity contribution in [3.05, 3.63) is 0 Å². The number of rotatable bonds is 5. The second-order valence-corrected chi connectivity index (χ2v) is 7.05. The zero-order chi connectivity index (χ0) is 13.3. The normalized spacial score (nSPS) is 40.7. The Morgan fingerprint density at radius 2 is 2.05 bits per heavy atom. The maximum Gasteiger partial charge on any atom is 0.0613 e. The van der Waals surface area contributed by atoms with E-state index in [2.05, 4.69) is 17.1 Å². The monoisotopic (exact) mass is 266 g/mol. The lowest BCUT2D eigenvalue weighted by atomic mass is 9.78. The van der Waals surface area contributed by atoms with Crippen LogP contribution in [0.25, 0.3) is 0 Å². The molecule has 0 amide bonds. The minimum absolute atomic E-state index is 0.0327. The van der Waals surface area contributed by atoms with Gasteiger partial charge in [-0.25, -0.2) is 0 Å². The highest BCUT2D eigenvalue weighted by molar-refractivity contribution is 5.01. The van der Waals surface area contributed by atoms with Crippen LogP contribution in [-0.4, -0.2) is 46.8 Å². The third-order valence-corrected chi connectivity index (χ3v) is 5.57. The first-order chi connectivity index (χ1) is 9.26. The number of aliphatic hydroxyl groups is 1. The van der Waals surface area contributed by atoms with Gasteiger partial charge in [0.1, 0.15) is 0 Å². The molecule has 3 nitrogen and oxygen atoms in total. The smallest absolute Gasteiger partial charge is 0.0613 e. The standard InChI is InChI=1S/C16H30N2O/c1-2-14-6-4-10-18(14)15-5-3-9-16(11-15,12-19)17-13-7-8-13/h13-15,17,19H,2-12H2,1H3. The third kappa shape index (κ3) is 2.98. The summed E-state index contributed by atoms with van der Waals surface area (Å²) in [5.74, 6) is 0. The van der Waals surface area contributed by atoms with Crippen molar-refractivity contribution in [3.8, 4) is 0 Å². The molecule has 19 heavy (non-hydrogen) atoms. The average Bonchev–Trinajstić information content (AvgIpc) is 3.11. The zero-order valence-electron chi connectivity index (χ0n) is 12.4. The number of likely N-dealkylation sites (tertiary alicyclic amines) is 1. The zero-order valence-corrected chi connectivity index (χ0v) is 12.4. The molecule has 0 spiro atoms. The summed E-state index contributed by atoms with van der Waals surface area (Å²) in [4.78, 5) is 2.76. The van der Waals surface area contributed by atoms with Crippen LogP contribution < -0.4 is 5.32 Å². The van der Waals surface area contributed by atoms with E-state index in [0.29, 0.717) is 18.7 Å². The van der Waals surface area contributed by atoms with Gasteiger partial charge in [-0.3, -0.25) is 4.90 Å². The Balaban J connectivity index is 1.65. The van der Waals surface area contributed by atoms with E-state index in [4.69, 9.17) is 0 Å². The number of nitrogens with one attached hydrogen (secondary N) is 1. The van der Waals surface area contributed by atoms with Crippen molar-refractivity contribution < 1.29 is 5.11 Å². The number of aliphatic hydroxyl groups excluding tert-OH is 1. The fourth-order valence-electron chi connectivity index (χ4n) is 4.37. The summed E-state index contributed by atoms with van der Waals surface area (Å²) in [5, 5.41) is 13.7. The van der Waals surface area contributed by atoms with Gasteiger partial charge in [0, 0.05) is 23.7 Å². The van der Waals surface area contributed by atoms with Crippen LogP contribution in [0.5, 0.6) is 0 Å². The van der Waals surface area contributed by atoms with Gasteiger partial charge in [-0.15, -0.1) is 0 Å². The summed E-state index contributed by atoms with van der Waals surface area (Å²) >= 11 is 0. The molecule has 1 aliphatic heterocycles. The fraction of sp³-hybridized carbons (Fsp3) is 1.00. The summed E-state index contributed by atoms with van der Waals surface area (Å²) in [6, 6.07) is 2.21. The molecule has 0 aromatic carbocycles. The van der Waals surface area contributed by atoms with Gasteiger partial charge in [0.05, 0.1) is 6.61 Å². The van der Waals surface area contributed by atoms with E-state index < -0.39 is 0 Å². The van der Waals surface area contributed by atoms with E-state index in [0.717, 1.165) is 12.5 Å². The highest BCUT2D eigenvalue weighted by atomic mass is 16.3. The molecule has 1 saturated heterocycles. The average molecular weight is 266 g/mol. The van der Waals surface area contributed by atoms with Gasteiger partial charge in [0.25, 0.3) is 0 Å². The van der Waals surface area contributed by atoms with Crippen molar-refractivity contribution in [1.82, 2.24) is 10.2 Å². The number of hydrogen-bond acceptors (Lipinski definition) is 3. The molecule has 2 N–H and O–H groups in total. The third-order valence-electron chi connectivity index (χ3n) is 5.57. The van der Waals surface area contributed by atoms with Crippen LogP contribution in [0.15, 0.2) is 0 Å². The van der Waals surface area contributed by atoms with Gasteiger partial charge in [-0.2, -0.15) is 0 Å². The molecule has 2 saturated carbocycles. The minimum atomic E-state index is 0.0327. The molecule has 1 heterocycles. The van der Waals surface area contributed by atoms with E-state index in [1.807, 2.05) is 0 Å². The lowest BCUT2D eigenvalue weighted by Crippen LogP contribution is -2.57. The summed E-state index contributed by atoms with van der Waals surface area (Å²) < 4.78 is 0. The highest BCUT2D eigenvalue weighted by Crippen LogP contribution is 2.37. The van der Waals surface area contributed by atoms with Gasteiger partial charge in [-0.05, 0) is 64.3 Å². The van der Waals surface area contributed by atoms with Crippen molar-refractivity contribution in [1.29, 1.82) is 0 Å². The fourth-order valence-corrected chi connectivity index (χ4v) is 4.37. The molecular weight excluding hydrogens is 236 g/mol. The molecule has 0 aromatic rings. The van der Waals surface area contributed by atoms with Crippen molar-refractivity contribution in [3.63, 3.8) is 0 Å². The highest BCUT2D eigenvalue weighted by Gasteiger charge is 2.42. The molecule has 3 rings (SSSR count). The second kappa shape index (κ2) is 5.71. The summed E-state index contributed by atoms with van der Waals surface area (Å²) in [5.41, 5.74) is 0.0327. The molecule has 2 aliphatic carbocycles. The van der Waals surface area contributed by atoms with Crippen LogP contribution in [0.3, 0.4) is 0 Å². The van der Waals surface area contributed by atoms with E-state index in [1.165, 1.54) is 57.9 Å². The van der Waals surface area contributed by atoms with Crippen LogP contribution in [0, 0.1) is 0 Å². The Kier molecular flexibility index (Phi) is 4.16. The van der Waals surface area contributed by atoms with Crippen LogP contribution in [0.2, 0.25) is 0 Å². The summed E-state index contributed by atoms with van der Waals surface area (Å²) in [6.45, 7) is 3.94. The SMILES string of the molecule is CCC1CCCN1C1CCCC(CO)(NC2CC2)C1. The minimum Gasteiger partial charge on any atom is -0.394 e. The van der Waals surface area contributed by atoms with Crippen molar-refractivity contribution in [2.24, 2.45) is 0 Å². The molecule has 110 valence electrons. The number of nitrogens with zero attached hydrogens (tertiary/aromatic N) is 1. The first-order valence-corrected chi connectivity index (χ1v) is 8.40. The largest absolute Gasteiger partial charge is 0.394 e. The maximum absolute atomic E-state index is 9.92. The molecule has 3 unspecified atom stereocenters. The Labute approximate surface area is 117 Å². The summed E-state index contributed by atoms with van der Waals surface area (Å²) in [6.07, 6.45) is 11.6. The van der Waals surface area contributed by atoms with E-state index in [-0.39, 0.29) is 5.54 Å². The molecule has 3 aliphatic rings. The maximum atomic E-state index is 9.92. The van der Waals surface area contributed by atoms with E-state index in [1.54, 1.807) is 0 Å². The molecule has 0 aromatic heterocycles. The Morgan fingerprint density at radius 3 is 2.74 bits per heavy atom. The number of hydrogen-bond donors (Lipinski definition) is 2. The Bertz CT molecular complexity index is 305. The first-order valence-electron chi connectivity index (χ1n) is 8.40. The van der Waals surface area contributed by atoms with Crippen molar-refractivity contribution in [2.45, 2.75) is 88.4 Å². The van der Waals surface area contributed by atoms with Crippen LogP contribution in [0.1, 0.15) is 64.7 Å². The van der Waals surface area contributed by atoms with Gasteiger partial charge in [0.15, 0.2) is 0 Å². The second-order valence-electron chi connectivity index (χ2n) is 7.05. The molecule has 0 radical (unpaired) electrons. The van der Waals surface area contributed by atoms with Gasteiger partial charge in [-0.1, -0.05) is 6.92 Å². The topological polar surface area (TPSA) is 35.5 Å². The van der Waals surface area contributed by atoms with E-state index >= 15 is 0 Å². The summed E-state index contributed by atoms with van der Waals surface area (Å²) in [7, 11) is 0. The van der Waals surface area contributed by atoms with Crippen LogP contribution in [-0.2, 0) is 0 Å². The molecule has 3 atom stereocenters. The first kappa shape index (κ1) is 13.8. The molecule has 3 heteroatoms. The lowest BCUT2D eigenvalue weighted by Gasteiger charge is -2.45. The molecule has 3 fully saturated rings. The van der Waals surface area contributed by atoms with Crippen LogP contribution in [0.4, 0.5) is 0 Å². The van der Waals surface area contributed by atoms with E-state index in [9.17, 15) is 5.11 Å². The lowest BCUT2D eigenvalue weighted by molar-refractivity contribution is 0.0517. The van der Waals surface area contributed by atoms with Gasteiger partial charge >= 0.3 is 0 Å². The van der Waals surface area contributed by atoms with Crippen molar-refractivity contribution >= 4 is 0 Å². The molecular formula is C16H30N2O. The quantitative estimate of drug-likeness (QED) is 0.801. The Hall–Kier alpha value is -0.120. The van der Waals surface area contributed by atoms with Gasteiger partial charge < -0.3 is 10.4 Å². The van der Waals surface area contributed by atoms with Crippen LogP contribution >= 0.6 is 0 Å². The van der Waals surface area contributed by atoms with Crippen molar-refractivity contribution in [2.75, 3.05) is 13.2 Å².